The highest BCUT2D eigenvalue weighted by atomic mass is 32.2. The van der Waals surface area contributed by atoms with E-state index in [0.29, 0.717) is 5.69 Å². The Morgan fingerprint density at radius 1 is 1.47 bits per heavy atom. The minimum absolute atomic E-state index is 0.0125. The number of benzene rings is 1. The Kier molecular flexibility index (Phi) is 4.75. The van der Waals surface area contributed by atoms with Gasteiger partial charge in [-0.15, -0.1) is 0 Å². The summed E-state index contributed by atoms with van der Waals surface area (Å²) < 4.78 is 30.9. The minimum Gasteiger partial charge on any atom is -0.495 e. The minimum atomic E-state index is -3.72. The SMILES string of the molecule is COc1cc(C)c(N)cc1S(=O)(=O)N(C)CCC#N. The van der Waals surface area contributed by atoms with Gasteiger partial charge in [-0.25, -0.2) is 8.42 Å². The number of nitrogen functional groups attached to an aromatic ring is 1. The van der Waals surface area contributed by atoms with E-state index in [2.05, 4.69) is 0 Å². The smallest absolute Gasteiger partial charge is 0.246 e. The summed E-state index contributed by atoms with van der Waals surface area (Å²) in [6.07, 6.45) is 0.124. The van der Waals surface area contributed by atoms with Crippen molar-refractivity contribution in [3.8, 4) is 11.8 Å². The first kappa shape index (κ1) is 15.3. The molecule has 0 aliphatic heterocycles. The quantitative estimate of drug-likeness (QED) is 0.817. The van der Waals surface area contributed by atoms with Gasteiger partial charge in [0.25, 0.3) is 0 Å². The molecule has 19 heavy (non-hydrogen) atoms. The van der Waals surface area contributed by atoms with Crippen molar-refractivity contribution < 1.29 is 13.2 Å². The molecule has 0 atom stereocenters. The highest BCUT2D eigenvalue weighted by Gasteiger charge is 2.25. The van der Waals surface area contributed by atoms with Crippen molar-refractivity contribution in [2.75, 3.05) is 26.4 Å². The van der Waals surface area contributed by atoms with Crippen LogP contribution in [-0.2, 0) is 10.0 Å². The lowest BCUT2D eigenvalue weighted by molar-refractivity contribution is 0.398. The summed E-state index contributed by atoms with van der Waals surface area (Å²) in [6.45, 7) is 1.89. The highest BCUT2D eigenvalue weighted by molar-refractivity contribution is 7.89. The first-order valence-electron chi connectivity index (χ1n) is 5.62. The third kappa shape index (κ3) is 3.16. The van der Waals surface area contributed by atoms with Gasteiger partial charge < -0.3 is 10.5 Å². The summed E-state index contributed by atoms with van der Waals surface area (Å²) in [5, 5.41) is 8.52. The number of ether oxygens (including phenoxy) is 1. The molecule has 0 amide bonds. The van der Waals surface area contributed by atoms with Crippen molar-refractivity contribution in [2.24, 2.45) is 0 Å². The summed E-state index contributed by atoms with van der Waals surface area (Å²) in [5.41, 5.74) is 6.88. The van der Waals surface area contributed by atoms with Gasteiger partial charge in [-0.05, 0) is 24.6 Å². The Morgan fingerprint density at radius 2 is 2.11 bits per heavy atom. The molecule has 0 saturated carbocycles. The molecule has 104 valence electrons. The lowest BCUT2D eigenvalue weighted by atomic mass is 10.2. The number of nitrogens with two attached hydrogens (primary N) is 1. The molecule has 1 aromatic carbocycles. The average Bonchev–Trinajstić information content (AvgIpc) is 2.38. The molecule has 0 aliphatic rings. The van der Waals surface area contributed by atoms with Crippen LogP contribution < -0.4 is 10.5 Å². The van der Waals surface area contributed by atoms with Gasteiger partial charge in [0.1, 0.15) is 10.6 Å². The predicted molar refractivity (Wildman–Crippen MR) is 72.2 cm³/mol. The van der Waals surface area contributed by atoms with Crippen LogP contribution in [0.15, 0.2) is 17.0 Å². The number of anilines is 1. The van der Waals surface area contributed by atoms with Crippen molar-refractivity contribution in [2.45, 2.75) is 18.2 Å². The Labute approximate surface area is 113 Å². The second kappa shape index (κ2) is 5.91. The van der Waals surface area contributed by atoms with Crippen LogP contribution in [0.25, 0.3) is 0 Å². The molecule has 0 spiro atoms. The van der Waals surface area contributed by atoms with E-state index in [1.807, 2.05) is 6.07 Å². The Bertz CT molecular complexity index is 605. The fraction of sp³-hybridized carbons (Fsp3) is 0.417. The van der Waals surface area contributed by atoms with Crippen molar-refractivity contribution in [1.82, 2.24) is 4.31 Å². The van der Waals surface area contributed by atoms with Gasteiger partial charge in [0, 0.05) is 25.7 Å². The molecule has 1 rings (SSSR count). The van der Waals surface area contributed by atoms with E-state index < -0.39 is 10.0 Å². The summed E-state index contributed by atoms with van der Waals surface area (Å²) in [4.78, 5) is 0.0125. The summed E-state index contributed by atoms with van der Waals surface area (Å²) in [6, 6.07) is 4.87. The lowest BCUT2D eigenvalue weighted by Gasteiger charge is -2.18. The molecular weight excluding hydrogens is 266 g/mol. The van der Waals surface area contributed by atoms with Crippen LogP contribution >= 0.6 is 0 Å². The van der Waals surface area contributed by atoms with Gasteiger partial charge in [0.15, 0.2) is 0 Å². The fourth-order valence-electron chi connectivity index (χ4n) is 1.53. The molecule has 0 heterocycles. The van der Waals surface area contributed by atoms with Crippen molar-refractivity contribution in [3.63, 3.8) is 0 Å². The third-order valence-corrected chi connectivity index (χ3v) is 4.66. The van der Waals surface area contributed by atoms with E-state index in [1.165, 1.54) is 20.2 Å². The van der Waals surface area contributed by atoms with Crippen molar-refractivity contribution in [1.29, 1.82) is 5.26 Å². The third-order valence-electron chi connectivity index (χ3n) is 2.78. The molecule has 1 aromatic rings. The zero-order valence-corrected chi connectivity index (χ0v) is 12.0. The van der Waals surface area contributed by atoms with Gasteiger partial charge in [0.2, 0.25) is 10.0 Å². The molecule has 0 radical (unpaired) electrons. The van der Waals surface area contributed by atoms with Crippen molar-refractivity contribution >= 4 is 15.7 Å². The van der Waals surface area contributed by atoms with E-state index in [9.17, 15) is 8.42 Å². The van der Waals surface area contributed by atoms with E-state index in [0.717, 1.165) is 9.87 Å². The van der Waals surface area contributed by atoms with Gasteiger partial charge in [0.05, 0.1) is 13.2 Å². The van der Waals surface area contributed by atoms with Gasteiger partial charge in [-0.1, -0.05) is 0 Å². The number of aryl methyl sites for hydroxylation is 1. The lowest BCUT2D eigenvalue weighted by Crippen LogP contribution is -2.28. The maximum atomic E-state index is 12.4. The topological polar surface area (TPSA) is 96.4 Å². The van der Waals surface area contributed by atoms with Crippen LogP contribution in [0.5, 0.6) is 5.75 Å². The zero-order valence-electron chi connectivity index (χ0n) is 11.2. The molecule has 2 N–H and O–H groups in total. The molecule has 7 heteroatoms. The number of rotatable bonds is 5. The molecule has 0 aliphatic carbocycles. The number of methoxy groups -OCH3 is 1. The van der Waals surface area contributed by atoms with E-state index in [4.69, 9.17) is 15.7 Å². The molecule has 0 aromatic heterocycles. The molecule has 0 bridgehead atoms. The first-order chi connectivity index (χ1) is 8.84. The largest absolute Gasteiger partial charge is 0.495 e. The predicted octanol–water partition coefficient (Wildman–Crippen LogP) is 1.12. The maximum Gasteiger partial charge on any atom is 0.246 e. The van der Waals surface area contributed by atoms with Crippen LogP contribution in [0, 0.1) is 18.3 Å². The molecule has 6 nitrogen and oxygen atoms in total. The van der Waals surface area contributed by atoms with Gasteiger partial charge in [-0.2, -0.15) is 9.57 Å². The number of nitriles is 1. The van der Waals surface area contributed by atoms with Gasteiger partial charge >= 0.3 is 0 Å². The summed E-state index contributed by atoms with van der Waals surface area (Å²) in [5.74, 6) is 0.246. The van der Waals surface area contributed by atoms with Crippen LogP contribution in [0.1, 0.15) is 12.0 Å². The maximum absolute atomic E-state index is 12.4. The van der Waals surface area contributed by atoms with E-state index >= 15 is 0 Å². The second-order valence-electron chi connectivity index (χ2n) is 4.09. The summed E-state index contributed by atoms with van der Waals surface area (Å²) in [7, 11) is -0.895. The Morgan fingerprint density at radius 3 is 2.63 bits per heavy atom. The number of hydrogen-bond acceptors (Lipinski definition) is 5. The monoisotopic (exact) mass is 283 g/mol. The Hall–Kier alpha value is -1.78. The molecule has 0 unspecified atom stereocenters. The first-order valence-corrected chi connectivity index (χ1v) is 7.06. The standard InChI is InChI=1S/C12H17N3O3S/c1-9-7-11(18-3)12(8-10(9)14)19(16,17)15(2)6-4-5-13/h7-8H,4,6,14H2,1-3H3. The molecule has 0 saturated heterocycles. The summed E-state index contributed by atoms with van der Waals surface area (Å²) >= 11 is 0. The van der Waals surface area contributed by atoms with Crippen LogP contribution in [0.3, 0.4) is 0 Å². The average molecular weight is 283 g/mol. The second-order valence-corrected chi connectivity index (χ2v) is 6.11. The highest BCUT2D eigenvalue weighted by Crippen LogP contribution is 2.30. The van der Waals surface area contributed by atoms with Crippen molar-refractivity contribution in [3.05, 3.63) is 17.7 Å². The van der Waals surface area contributed by atoms with Crippen LogP contribution in [-0.4, -0.2) is 33.4 Å². The Balaban J connectivity index is 3.28. The number of nitrogens with zero attached hydrogens (tertiary/aromatic N) is 2. The molecular formula is C12H17N3O3S. The van der Waals surface area contributed by atoms with Gasteiger partial charge in [-0.3, -0.25) is 0 Å². The van der Waals surface area contributed by atoms with Crippen LogP contribution in [0.2, 0.25) is 0 Å². The van der Waals surface area contributed by atoms with Crippen LogP contribution in [0.4, 0.5) is 5.69 Å². The fourth-order valence-corrected chi connectivity index (χ4v) is 2.87. The number of hydrogen-bond donors (Lipinski definition) is 1. The van der Waals surface area contributed by atoms with E-state index in [1.54, 1.807) is 13.0 Å². The normalized spacial score (nSPS) is 11.3. The van der Waals surface area contributed by atoms with E-state index in [-0.39, 0.29) is 23.6 Å². The zero-order chi connectivity index (χ0) is 14.6. The molecule has 0 fully saturated rings. The number of sulfonamides is 1.